The van der Waals surface area contributed by atoms with Crippen LogP contribution < -0.4 is 32.4 Å². The Morgan fingerprint density at radius 3 is 1.39 bits per heavy atom. The van der Waals surface area contributed by atoms with E-state index < -0.39 is 23.2 Å². The lowest BCUT2D eigenvalue weighted by molar-refractivity contribution is -0.139. The maximum absolute atomic E-state index is 13.8. The molecule has 0 fully saturated rings. The van der Waals surface area contributed by atoms with E-state index in [1.165, 1.54) is 42.5 Å². The molecule has 3 aromatic carbocycles. The first-order valence-electron chi connectivity index (χ1n) is 8.01. The first-order chi connectivity index (χ1) is 13.1. The van der Waals surface area contributed by atoms with E-state index in [0.717, 1.165) is 12.1 Å². The van der Waals surface area contributed by atoms with Crippen LogP contribution in [0.3, 0.4) is 0 Å². The van der Waals surface area contributed by atoms with Gasteiger partial charge in [-0.15, -0.1) is 0 Å². The van der Waals surface area contributed by atoms with Gasteiger partial charge in [0.1, 0.15) is 28.6 Å². The Bertz CT molecular complexity index is 951. The van der Waals surface area contributed by atoms with Crippen LogP contribution in [0.1, 0.15) is 5.56 Å². The van der Waals surface area contributed by atoms with Crippen LogP contribution in [0, 0.1) is 0 Å². The molecule has 9 heteroatoms. The lowest BCUT2D eigenvalue weighted by atomic mass is 10.1. The molecule has 0 amide bonds. The summed E-state index contributed by atoms with van der Waals surface area (Å²) in [6.45, 7) is 0. The Balaban J connectivity index is 2.05. The van der Waals surface area contributed by atoms with E-state index in [1.54, 1.807) is 0 Å². The number of ether oxygens (including phenoxy) is 2. The maximum Gasteiger partial charge on any atom is 0.423 e. The number of alkyl halides is 3. The molecule has 3 rings (SSSR count). The molecule has 0 aromatic heterocycles. The van der Waals surface area contributed by atoms with Crippen LogP contribution >= 0.6 is 0 Å². The molecule has 146 valence electrons. The standard InChI is InChI=1S/C19H17F3N4O2/c20-19(21,22)18-16(27-14-6-4-10(23)8-12(14)25)2-1-3-17(18)28-15-7-5-11(24)9-13(15)26/h1-9H,23-26H2. The van der Waals surface area contributed by atoms with Gasteiger partial charge in [0, 0.05) is 11.4 Å². The fourth-order valence-corrected chi connectivity index (χ4v) is 2.52. The number of anilines is 4. The number of nitrogen functional groups attached to an aromatic ring is 4. The summed E-state index contributed by atoms with van der Waals surface area (Å²) in [4.78, 5) is 0. The normalized spacial score (nSPS) is 11.2. The van der Waals surface area contributed by atoms with Gasteiger partial charge in [0.2, 0.25) is 0 Å². The summed E-state index contributed by atoms with van der Waals surface area (Å²) in [5.74, 6) is -0.890. The van der Waals surface area contributed by atoms with Gasteiger partial charge in [-0.25, -0.2) is 0 Å². The molecule has 0 aliphatic heterocycles. The van der Waals surface area contributed by atoms with Crippen molar-refractivity contribution < 1.29 is 22.6 Å². The van der Waals surface area contributed by atoms with E-state index in [1.807, 2.05) is 0 Å². The number of rotatable bonds is 4. The van der Waals surface area contributed by atoms with Crippen molar-refractivity contribution in [2.75, 3.05) is 22.9 Å². The molecule has 0 radical (unpaired) electrons. The Hall–Kier alpha value is -3.75. The Labute approximate surface area is 158 Å². The highest BCUT2D eigenvalue weighted by atomic mass is 19.4. The average molecular weight is 390 g/mol. The fourth-order valence-electron chi connectivity index (χ4n) is 2.52. The highest BCUT2D eigenvalue weighted by Gasteiger charge is 2.39. The van der Waals surface area contributed by atoms with Crippen LogP contribution in [0.4, 0.5) is 35.9 Å². The fraction of sp³-hybridized carbons (Fsp3) is 0.0526. The molecule has 0 bridgehead atoms. The molecule has 0 aliphatic carbocycles. The molecule has 3 aromatic rings. The molecule has 0 aliphatic rings. The van der Waals surface area contributed by atoms with Crippen LogP contribution in [-0.4, -0.2) is 0 Å². The molecule has 0 saturated heterocycles. The van der Waals surface area contributed by atoms with E-state index in [9.17, 15) is 13.2 Å². The van der Waals surface area contributed by atoms with E-state index >= 15 is 0 Å². The number of nitrogens with two attached hydrogens (primary N) is 4. The van der Waals surface area contributed by atoms with Crippen LogP contribution in [0.15, 0.2) is 54.6 Å². The first-order valence-corrected chi connectivity index (χ1v) is 8.01. The van der Waals surface area contributed by atoms with Crippen molar-refractivity contribution in [3.05, 3.63) is 60.2 Å². The molecular formula is C19H17F3N4O2. The molecule has 0 unspecified atom stereocenters. The van der Waals surface area contributed by atoms with Crippen LogP contribution in [0.25, 0.3) is 0 Å². The van der Waals surface area contributed by atoms with Gasteiger partial charge in [-0.2, -0.15) is 13.2 Å². The predicted octanol–water partition coefficient (Wildman–Crippen LogP) is 4.62. The number of halogens is 3. The molecular weight excluding hydrogens is 373 g/mol. The predicted molar refractivity (Wildman–Crippen MR) is 102 cm³/mol. The van der Waals surface area contributed by atoms with Crippen molar-refractivity contribution in [1.82, 2.24) is 0 Å². The third kappa shape index (κ3) is 3.98. The lowest BCUT2D eigenvalue weighted by Crippen LogP contribution is -2.10. The third-order valence-corrected chi connectivity index (χ3v) is 3.78. The quantitative estimate of drug-likeness (QED) is 0.482. The minimum absolute atomic E-state index is 0.0313. The molecule has 28 heavy (non-hydrogen) atoms. The van der Waals surface area contributed by atoms with Crippen molar-refractivity contribution >= 4 is 22.7 Å². The average Bonchev–Trinajstić information content (AvgIpc) is 2.59. The zero-order chi connectivity index (χ0) is 20.5. The largest absolute Gasteiger partial charge is 0.454 e. The van der Waals surface area contributed by atoms with Crippen molar-refractivity contribution in [3.63, 3.8) is 0 Å². The second-order valence-electron chi connectivity index (χ2n) is 5.93. The third-order valence-electron chi connectivity index (χ3n) is 3.78. The summed E-state index contributed by atoms with van der Waals surface area (Å²) >= 11 is 0. The summed E-state index contributed by atoms with van der Waals surface area (Å²) in [5, 5.41) is 0. The van der Waals surface area contributed by atoms with Gasteiger partial charge < -0.3 is 32.4 Å². The van der Waals surface area contributed by atoms with Crippen molar-refractivity contribution in [3.8, 4) is 23.0 Å². The lowest BCUT2D eigenvalue weighted by Gasteiger charge is -2.19. The van der Waals surface area contributed by atoms with Gasteiger partial charge in [-0.1, -0.05) is 6.07 Å². The van der Waals surface area contributed by atoms with E-state index in [4.69, 9.17) is 32.4 Å². The van der Waals surface area contributed by atoms with Gasteiger partial charge >= 0.3 is 6.18 Å². The smallest absolute Gasteiger partial charge is 0.423 e. The highest BCUT2D eigenvalue weighted by molar-refractivity contribution is 5.64. The van der Waals surface area contributed by atoms with E-state index in [2.05, 4.69) is 0 Å². The van der Waals surface area contributed by atoms with Gasteiger partial charge in [0.05, 0.1) is 11.4 Å². The number of hydrogen-bond donors (Lipinski definition) is 4. The molecule has 0 saturated carbocycles. The second-order valence-corrected chi connectivity index (χ2v) is 5.93. The van der Waals surface area contributed by atoms with Gasteiger partial charge in [0.25, 0.3) is 0 Å². The van der Waals surface area contributed by atoms with Crippen LogP contribution in [0.2, 0.25) is 0 Å². The zero-order valence-electron chi connectivity index (χ0n) is 14.5. The number of benzene rings is 3. The summed E-state index contributed by atoms with van der Waals surface area (Å²) in [6, 6.07) is 12.2. The molecule has 6 nitrogen and oxygen atoms in total. The second kappa shape index (κ2) is 7.10. The van der Waals surface area contributed by atoms with E-state index in [0.29, 0.717) is 11.4 Å². The summed E-state index contributed by atoms with van der Waals surface area (Å²) in [6.07, 6.45) is -4.77. The molecule has 0 atom stereocenters. The molecule has 0 spiro atoms. The highest BCUT2D eigenvalue weighted by Crippen LogP contribution is 2.46. The minimum Gasteiger partial charge on any atom is -0.454 e. The van der Waals surface area contributed by atoms with Gasteiger partial charge in [-0.05, 0) is 48.5 Å². The monoisotopic (exact) mass is 390 g/mol. The summed E-state index contributed by atoms with van der Waals surface area (Å²) in [7, 11) is 0. The number of hydrogen-bond acceptors (Lipinski definition) is 6. The Kier molecular flexibility index (Phi) is 4.83. The van der Waals surface area contributed by atoms with Crippen molar-refractivity contribution in [2.45, 2.75) is 6.18 Å². The van der Waals surface area contributed by atoms with Crippen molar-refractivity contribution in [2.24, 2.45) is 0 Å². The van der Waals surface area contributed by atoms with Crippen molar-refractivity contribution in [1.29, 1.82) is 0 Å². The summed E-state index contributed by atoms with van der Waals surface area (Å²) < 4.78 is 52.2. The van der Waals surface area contributed by atoms with E-state index in [-0.39, 0.29) is 22.9 Å². The van der Waals surface area contributed by atoms with Crippen LogP contribution in [0.5, 0.6) is 23.0 Å². The summed E-state index contributed by atoms with van der Waals surface area (Å²) in [5.41, 5.74) is 22.6. The Morgan fingerprint density at radius 1 is 0.607 bits per heavy atom. The van der Waals surface area contributed by atoms with Crippen LogP contribution in [-0.2, 0) is 6.18 Å². The zero-order valence-corrected chi connectivity index (χ0v) is 14.5. The van der Waals surface area contributed by atoms with Gasteiger partial charge in [-0.3, -0.25) is 0 Å². The topological polar surface area (TPSA) is 123 Å². The maximum atomic E-state index is 13.8. The Morgan fingerprint density at radius 2 is 1.04 bits per heavy atom. The van der Waals surface area contributed by atoms with Gasteiger partial charge in [0.15, 0.2) is 0 Å². The minimum atomic E-state index is -4.77. The molecule has 8 N–H and O–H groups in total. The SMILES string of the molecule is Nc1ccc(Oc2cccc(Oc3ccc(N)cc3N)c2C(F)(F)F)c(N)c1. The molecule has 0 heterocycles. The first kappa shape index (κ1) is 19.0.